The molecular weight excluding hydrogens is 210 g/mol. The maximum absolute atomic E-state index is 11.2. The van der Waals surface area contributed by atoms with Gasteiger partial charge in [-0.2, -0.15) is 0 Å². The Labute approximate surface area is 93.4 Å². The topological polar surface area (TPSA) is 68.5 Å². The van der Waals surface area contributed by atoms with Crippen LogP contribution in [0.3, 0.4) is 0 Å². The Morgan fingerprint density at radius 2 is 2.12 bits per heavy atom. The van der Waals surface area contributed by atoms with E-state index in [1.807, 2.05) is 13.8 Å². The Kier molecular flexibility index (Phi) is 4.10. The fourth-order valence-electron chi connectivity index (χ4n) is 1.42. The van der Waals surface area contributed by atoms with E-state index in [1.54, 1.807) is 6.07 Å². The summed E-state index contributed by atoms with van der Waals surface area (Å²) in [5.74, 6) is 0.927. The van der Waals surface area contributed by atoms with Crippen molar-refractivity contribution in [1.29, 1.82) is 0 Å². The molecule has 88 valence electrons. The number of carbonyl (C=O) groups excluding carboxylic acids is 1. The Bertz CT molecular complexity index is 411. The van der Waals surface area contributed by atoms with Gasteiger partial charge in [0.2, 0.25) is 6.41 Å². The summed E-state index contributed by atoms with van der Waals surface area (Å²) in [6, 6.07) is 2.52. The number of ether oxygens (including phenoxy) is 1. The second kappa shape index (κ2) is 5.34. The summed E-state index contributed by atoms with van der Waals surface area (Å²) < 4.78 is 10.0. The highest BCUT2D eigenvalue weighted by molar-refractivity contribution is 5.47. The summed E-state index contributed by atoms with van der Waals surface area (Å²) in [6.45, 7) is 3.83. The van der Waals surface area contributed by atoms with Gasteiger partial charge in [-0.1, -0.05) is 13.8 Å². The van der Waals surface area contributed by atoms with Crippen molar-refractivity contribution in [3.05, 3.63) is 28.3 Å². The summed E-state index contributed by atoms with van der Waals surface area (Å²) in [7, 11) is 1.47. The van der Waals surface area contributed by atoms with Gasteiger partial charge < -0.3 is 14.5 Å². The van der Waals surface area contributed by atoms with Crippen LogP contribution in [-0.4, -0.2) is 13.5 Å². The van der Waals surface area contributed by atoms with Crippen LogP contribution in [0.2, 0.25) is 0 Å². The lowest BCUT2D eigenvalue weighted by Gasteiger charge is -2.18. The van der Waals surface area contributed by atoms with Crippen LogP contribution in [0.25, 0.3) is 0 Å². The first-order valence-corrected chi connectivity index (χ1v) is 4.97. The first-order valence-electron chi connectivity index (χ1n) is 4.97. The zero-order valence-corrected chi connectivity index (χ0v) is 9.52. The van der Waals surface area contributed by atoms with Gasteiger partial charge in [0, 0.05) is 6.07 Å². The third kappa shape index (κ3) is 2.85. The normalized spacial score (nSPS) is 12.2. The molecule has 1 amide bonds. The molecule has 0 aromatic carbocycles. The zero-order valence-electron chi connectivity index (χ0n) is 9.52. The van der Waals surface area contributed by atoms with Gasteiger partial charge in [0.15, 0.2) is 0 Å². The van der Waals surface area contributed by atoms with Gasteiger partial charge in [0.25, 0.3) is 0 Å². The molecule has 0 aliphatic heterocycles. The summed E-state index contributed by atoms with van der Waals surface area (Å²) in [4.78, 5) is 21.7. The van der Waals surface area contributed by atoms with Crippen LogP contribution in [0.5, 0.6) is 5.75 Å². The number of rotatable bonds is 5. The molecule has 1 atom stereocenters. The van der Waals surface area contributed by atoms with Gasteiger partial charge in [0.05, 0.1) is 19.2 Å². The van der Waals surface area contributed by atoms with E-state index in [9.17, 15) is 9.59 Å². The molecule has 1 unspecified atom stereocenters. The lowest BCUT2D eigenvalue weighted by molar-refractivity contribution is -0.110. The molecule has 0 fully saturated rings. The lowest BCUT2D eigenvalue weighted by atomic mass is 10.0. The molecule has 0 aliphatic rings. The van der Waals surface area contributed by atoms with Gasteiger partial charge in [0.1, 0.15) is 11.5 Å². The molecule has 1 rings (SSSR count). The van der Waals surface area contributed by atoms with E-state index < -0.39 is 5.63 Å². The minimum Gasteiger partial charge on any atom is -0.496 e. The van der Waals surface area contributed by atoms with Gasteiger partial charge in [-0.15, -0.1) is 0 Å². The smallest absolute Gasteiger partial charge is 0.339 e. The molecule has 0 aliphatic carbocycles. The highest BCUT2D eigenvalue weighted by Gasteiger charge is 2.18. The fourth-order valence-corrected chi connectivity index (χ4v) is 1.42. The third-order valence-electron chi connectivity index (χ3n) is 2.22. The average molecular weight is 225 g/mol. The maximum Gasteiger partial charge on any atom is 0.339 e. The number of hydrogen-bond acceptors (Lipinski definition) is 4. The van der Waals surface area contributed by atoms with Crippen LogP contribution in [0.4, 0.5) is 0 Å². The van der Waals surface area contributed by atoms with Gasteiger partial charge in [-0.25, -0.2) is 4.79 Å². The standard InChI is InChI=1S/C11H15NO4/c1-7(2)11(12-6-13)9-4-8(15-3)5-10(14)16-9/h4-7,11H,1-3H3,(H,12,13). The minimum atomic E-state index is -0.493. The molecule has 0 saturated heterocycles. The van der Waals surface area contributed by atoms with Crippen LogP contribution in [0.15, 0.2) is 21.3 Å². The molecule has 1 heterocycles. The molecule has 16 heavy (non-hydrogen) atoms. The predicted molar refractivity (Wildman–Crippen MR) is 58.3 cm³/mol. The second-order valence-electron chi connectivity index (χ2n) is 3.72. The minimum absolute atomic E-state index is 0.112. The molecule has 1 aromatic heterocycles. The SMILES string of the molecule is COc1cc(C(NC=O)C(C)C)oc(=O)c1. The van der Waals surface area contributed by atoms with Crippen LogP contribution < -0.4 is 15.7 Å². The van der Waals surface area contributed by atoms with Crippen LogP contribution in [0, 0.1) is 5.92 Å². The largest absolute Gasteiger partial charge is 0.496 e. The van der Waals surface area contributed by atoms with E-state index in [0.717, 1.165) is 0 Å². The summed E-state index contributed by atoms with van der Waals surface area (Å²) in [6.07, 6.45) is 0.587. The van der Waals surface area contributed by atoms with Crippen molar-refractivity contribution in [2.45, 2.75) is 19.9 Å². The van der Waals surface area contributed by atoms with E-state index in [4.69, 9.17) is 9.15 Å². The predicted octanol–water partition coefficient (Wildman–Crippen LogP) is 1.09. The Morgan fingerprint density at radius 3 is 2.62 bits per heavy atom. The molecule has 0 saturated carbocycles. The van der Waals surface area contributed by atoms with E-state index in [0.29, 0.717) is 17.9 Å². The van der Waals surface area contributed by atoms with Gasteiger partial charge in [-0.3, -0.25) is 4.79 Å². The zero-order chi connectivity index (χ0) is 12.1. The van der Waals surface area contributed by atoms with Crippen molar-refractivity contribution in [2.75, 3.05) is 7.11 Å². The molecule has 0 radical (unpaired) electrons. The van der Waals surface area contributed by atoms with E-state index in [1.165, 1.54) is 13.2 Å². The maximum atomic E-state index is 11.2. The summed E-state index contributed by atoms with van der Waals surface area (Å²) in [5.41, 5.74) is -0.493. The molecule has 5 nitrogen and oxygen atoms in total. The summed E-state index contributed by atoms with van der Waals surface area (Å²) in [5, 5.41) is 2.61. The molecule has 1 N–H and O–H groups in total. The number of methoxy groups -OCH3 is 1. The lowest BCUT2D eigenvalue weighted by Crippen LogP contribution is -2.25. The van der Waals surface area contributed by atoms with Crippen LogP contribution >= 0.6 is 0 Å². The van der Waals surface area contributed by atoms with E-state index in [2.05, 4.69) is 5.32 Å². The second-order valence-corrected chi connectivity index (χ2v) is 3.72. The Balaban J connectivity index is 3.12. The highest BCUT2D eigenvalue weighted by Crippen LogP contribution is 2.22. The van der Waals surface area contributed by atoms with Gasteiger partial charge in [-0.05, 0) is 5.92 Å². The van der Waals surface area contributed by atoms with Crippen molar-refractivity contribution in [2.24, 2.45) is 5.92 Å². The van der Waals surface area contributed by atoms with E-state index in [-0.39, 0.29) is 12.0 Å². The summed E-state index contributed by atoms with van der Waals surface area (Å²) >= 11 is 0. The number of carbonyl (C=O) groups is 1. The first-order chi connectivity index (χ1) is 7.58. The first kappa shape index (κ1) is 12.3. The molecule has 5 heteroatoms. The van der Waals surface area contributed by atoms with Crippen molar-refractivity contribution in [3.63, 3.8) is 0 Å². The molecule has 0 spiro atoms. The molecular formula is C11H15NO4. The average Bonchev–Trinajstić information content (AvgIpc) is 2.24. The van der Waals surface area contributed by atoms with Crippen molar-refractivity contribution in [1.82, 2.24) is 5.32 Å². The number of hydrogen-bond donors (Lipinski definition) is 1. The van der Waals surface area contributed by atoms with Crippen molar-refractivity contribution < 1.29 is 13.9 Å². The van der Waals surface area contributed by atoms with Crippen molar-refractivity contribution in [3.8, 4) is 5.75 Å². The van der Waals surface area contributed by atoms with Crippen LogP contribution in [0.1, 0.15) is 25.6 Å². The van der Waals surface area contributed by atoms with Crippen LogP contribution in [-0.2, 0) is 4.79 Å². The third-order valence-corrected chi connectivity index (χ3v) is 2.22. The fraction of sp³-hybridized carbons (Fsp3) is 0.455. The van der Waals surface area contributed by atoms with Crippen molar-refractivity contribution >= 4 is 6.41 Å². The molecule has 1 aromatic rings. The van der Waals surface area contributed by atoms with Gasteiger partial charge >= 0.3 is 5.63 Å². The Hall–Kier alpha value is -1.78. The Morgan fingerprint density at radius 1 is 1.44 bits per heavy atom. The number of nitrogens with one attached hydrogen (secondary N) is 1. The highest BCUT2D eigenvalue weighted by atomic mass is 16.5. The monoisotopic (exact) mass is 225 g/mol. The molecule has 0 bridgehead atoms. The quantitative estimate of drug-likeness (QED) is 0.762. The van der Waals surface area contributed by atoms with E-state index >= 15 is 0 Å². The number of amides is 1.